The molecule has 1 aromatic heterocycles. The molecule has 6 heteroatoms. The van der Waals surface area contributed by atoms with Gasteiger partial charge in [0.25, 0.3) is 0 Å². The Morgan fingerprint density at radius 2 is 2.35 bits per heavy atom. The molecule has 94 valence electrons. The molecule has 0 amide bonds. The lowest BCUT2D eigenvalue weighted by molar-refractivity contribution is 0.204. The molecular weight excluding hydrogens is 284 g/mol. The van der Waals surface area contributed by atoms with Crippen molar-refractivity contribution in [2.75, 3.05) is 37.5 Å². The Bertz CT molecular complexity index is 384. The Hall–Kier alpha value is -0.880. The first-order valence-corrected chi connectivity index (χ1v) is 6.51. The number of rotatable bonds is 6. The van der Waals surface area contributed by atoms with Crippen molar-refractivity contribution in [2.24, 2.45) is 0 Å². The van der Waals surface area contributed by atoms with Crippen molar-refractivity contribution in [3.8, 4) is 0 Å². The highest BCUT2D eigenvalue weighted by molar-refractivity contribution is 9.10. The predicted octanol–water partition coefficient (Wildman–Crippen LogP) is 1.90. The fourth-order valence-electron chi connectivity index (χ4n) is 1.72. The highest BCUT2D eigenvalue weighted by Gasteiger charge is 2.31. The molecule has 0 spiro atoms. The van der Waals surface area contributed by atoms with Crippen LogP contribution < -0.4 is 10.2 Å². The summed E-state index contributed by atoms with van der Waals surface area (Å²) in [6, 6.07) is 0.598. The van der Waals surface area contributed by atoms with Gasteiger partial charge in [0.1, 0.15) is 5.82 Å². The van der Waals surface area contributed by atoms with Gasteiger partial charge in [-0.15, -0.1) is 0 Å². The van der Waals surface area contributed by atoms with Crippen LogP contribution in [0.3, 0.4) is 0 Å². The summed E-state index contributed by atoms with van der Waals surface area (Å²) in [4.78, 5) is 11.0. The SMILES string of the molecule is CNc1ncc(Br)c(N(CCOC)C2CC2)n1. The monoisotopic (exact) mass is 300 g/mol. The molecule has 5 nitrogen and oxygen atoms in total. The van der Waals surface area contributed by atoms with Gasteiger partial charge in [-0.1, -0.05) is 0 Å². The number of hydrogen-bond donors (Lipinski definition) is 1. The maximum absolute atomic E-state index is 5.15. The zero-order valence-corrected chi connectivity index (χ0v) is 11.7. The molecule has 0 saturated heterocycles. The molecule has 0 bridgehead atoms. The molecule has 0 radical (unpaired) electrons. The third kappa shape index (κ3) is 3.07. The summed E-state index contributed by atoms with van der Waals surface area (Å²) >= 11 is 3.51. The molecule has 0 aliphatic heterocycles. The van der Waals surface area contributed by atoms with Crippen LogP contribution >= 0.6 is 15.9 Å². The Kier molecular flexibility index (Phi) is 4.17. The van der Waals surface area contributed by atoms with Gasteiger partial charge in [-0.2, -0.15) is 4.98 Å². The van der Waals surface area contributed by atoms with Crippen LogP contribution in [-0.2, 0) is 4.74 Å². The van der Waals surface area contributed by atoms with E-state index in [1.165, 1.54) is 12.8 Å². The van der Waals surface area contributed by atoms with Crippen molar-refractivity contribution in [3.05, 3.63) is 10.7 Å². The van der Waals surface area contributed by atoms with Gasteiger partial charge in [-0.3, -0.25) is 0 Å². The number of ether oxygens (including phenoxy) is 1. The van der Waals surface area contributed by atoms with Gasteiger partial charge in [-0.05, 0) is 28.8 Å². The van der Waals surface area contributed by atoms with E-state index in [4.69, 9.17) is 4.74 Å². The molecule has 1 fully saturated rings. The van der Waals surface area contributed by atoms with Crippen LogP contribution in [0, 0.1) is 0 Å². The standard InChI is InChI=1S/C11H17BrN4O/c1-13-11-14-7-9(12)10(15-11)16(5-6-17-2)8-3-4-8/h7-8H,3-6H2,1-2H3,(H,13,14,15). The number of halogens is 1. The Labute approximate surface area is 110 Å². The lowest BCUT2D eigenvalue weighted by Crippen LogP contribution is -2.30. The minimum Gasteiger partial charge on any atom is -0.383 e. The topological polar surface area (TPSA) is 50.3 Å². The van der Waals surface area contributed by atoms with Gasteiger partial charge < -0.3 is 15.0 Å². The highest BCUT2D eigenvalue weighted by Crippen LogP contribution is 2.34. The first-order valence-electron chi connectivity index (χ1n) is 5.72. The summed E-state index contributed by atoms with van der Waals surface area (Å²) in [7, 11) is 3.54. The zero-order valence-electron chi connectivity index (χ0n) is 10.1. The lowest BCUT2D eigenvalue weighted by atomic mass is 10.4. The highest BCUT2D eigenvalue weighted by atomic mass is 79.9. The smallest absolute Gasteiger partial charge is 0.224 e. The lowest BCUT2D eigenvalue weighted by Gasteiger charge is -2.24. The molecule has 0 unspecified atom stereocenters. The fraction of sp³-hybridized carbons (Fsp3) is 0.636. The Balaban J connectivity index is 2.21. The molecule has 17 heavy (non-hydrogen) atoms. The van der Waals surface area contributed by atoms with Crippen molar-refractivity contribution >= 4 is 27.7 Å². The van der Waals surface area contributed by atoms with Crippen LogP contribution in [0.1, 0.15) is 12.8 Å². The van der Waals surface area contributed by atoms with Gasteiger partial charge in [0.15, 0.2) is 0 Å². The summed E-state index contributed by atoms with van der Waals surface area (Å²) in [5.41, 5.74) is 0. The van der Waals surface area contributed by atoms with Crippen LogP contribution in [0.4, 0.5) is 11.8 Å². The number of nitrogens with zero attached hydrogens (tertiary/aromatic N) is 3. The minimum atomic E-state index is 0.598. The van der Waals surface area contributed by atoms with E-state index in [1.54, 1.807) is 13.3 Å². The fourth-order valence-corrected chi connectivity index (χ4v) is 2.14. The van der Waals surface area contributed by atoms with E-state index >= 15 is 0 Å². The van der Waals surface area contributed by atoms with E-state index in [-0.39, 0.29) is 0 Å². The van der Waals surface area contributed by atoms with Crippen LogP contribution in [-0.4, -0.2) is 43.3 Å². The number of methoxy groups -OCH3 is 1. The van der Waals surface area contributed by atoms with Crippen molar-refractivity contribution in [2.45, 2.75) is 18.9 Å². The summed E-state index contributed by atoms with van der Waals surface area (Å²) in [5.74, 6) is 1.59. The largest absolute Gasteiger partial charge is 0.383 e. The van der Waals surface area contributed by atoms with E-state index in [0.29, 0.717) is 18.6 Å². The average molecular weight is 301 g/mol. The van der Waals surface area contributed by atoms with E-state index in [1.807, 2.05) is 7.05 Å². The third-order valence-electron chi connectivity index (χ3n) is 2.75. The summed E-state index contributed by atoms with van der Waals surface area (Å²) in [6.45, 7) is 1.57. The average Bonchev–Trinajstić information content (AvgIpc) is 3.16. The second kappa shape index (κ2) is 5.64. The summed E-state index contributed by atoms with van der Waals surface area (Å²) in [6.07, 6.45) is 4.25. The zero-order chi connectivity index (χ0) is 12.3. The first-order chi connectivity index (χ1) is 8.26. The minimum absolute atomic E-state index is 0.598. The van der Waals surface area contributed by atoms with Crippen molar-refractivity contribution in [3.63, 3.8) is 0 Å². The number of aromatic nitrogens is 2. The molecule has 1 heterocycles. The van der Waals surface area contributed by atoms with Gasteiger partial charge in [0.2, 0.25) is 5.95 Å². The normalized spacial score (nSPS) is 14.8. The second-order valence-electron chi connectivity index (χ2n) is 4.03. The van der Waals surface area contributed by atoms with Crippen molar-refractivity contribution in [1.82, 2.24) is 9.97 Å². The molecule has 1 aliphatic carbocycles. The molecule has 0 aromatic carbocycles. The van der Waals surface area contributed by atoms with Crippen LogP contribution in [0.5, 0.6) is 0 Å². The molecule has 2 rings (SSSR count). The Morgan fingerprint density at radius 1 is 1.59 bits per heavy atom. The number of anilines is 2. The number of nitrogens with one attached hydrogen (secondary N) is 1. The molecule has 1 N–H and O–H groups in total. The summed E-state index contributed by atoms with van der Waals surface area (Å²) < 4.78 is 6.08. The van der Waals surface area contributed by atoms with E-state index in [0.717, 1.165) is 16.8 Å². The van der Waals surface area contributed by atoms with Gasteiger partial charge >= 0.3 is 0 Å². The van der Waals surface area contributed by atoms with E-state index in [9.17, 15) is 0 Å². The predicted molar refractivity (Wildman–Crippen MR) is 71.5 cm³/mol. The molecule has 1 aliphatic rings. The maximum Gasteiger partial charge on any atom is 0.224 e. The first kappa shape index (κ1) is 12.6. The van der Waals surface area contributed by atoms with Crippen LogP contribution in [0.25, 0.3) is 0 Å². The number of hydrogen-bond acceptors (Lipinski definition) is 5. The van der Waals surface area contributed by atoms with Crippen LogP contribution in [0.2, 0.25) is 0 Å². The van der Waals surface area contributed by atoms with Gasteiger partial charge in [0, 0.05) is 32.9 Å². The second-order valence-corrected chi connectivity index (χ2v) is 4.89. The van der Waals surface area contributed by atoms with Gasteiger partial charge in [-0.25, -0.2) is 4.98 Å². The third-order valence-corrected chi connectivity index (χ3v) is 3.30. The summed E-state index contributed by atoms with van der Waals surface area (Å²) in [5, 5.41) is 2.96. The Morgan fingerprint density at radius 3 is 2.94 bits per heavy atom. The maximum atomic E-state index is 5.15. The van der Waals surface area contributed by atoms with E-state index in [2.05, 4.69) is 36.1 Å². The quantitative estimate of drug-likeness (QED) is 0.869. The molecule has 1 aromatic rings. The van der Waals surface area contributed by atoms with Gasteiger partial charge in [0.05, 0.1) is 11.1 Å². The van der Waals surface area contributed by atoms with E-state index < -0.39 is 0 Å². The molecule has 0 atom stereocenters. The molecular formula is C11H17BrN4O. The van der Waals surface area contributed by atoms with Crippen LogP contribution in [0.15, 0.2) is 10.7 Å². The van der Waals surface area contributed by atoms with Crippen molar-refractivity contribution in [1.29, 1.82) is 0 Å². The van der Waals surface area contributed by atoms with Crippen molar-refractivity contribution < 1.29 is 4.74 Å². The molecule has 1 saturated carbocycles.